The maximum atomic E-state index is 12.0. The van der Waals surface area contributed by atoms with Crippen LogP contribution in [0.3, 0.4) is 0 Å². The monoisotopic (exact) mass is 263 g/mol. The van der Waals surface area contributed by atoms with Crippen LogP contribution in [0.1, 0.15) is 23.2 Å². The summed E-state index contributed by atoms with van der Waals surface area (Å²) < 4.78 is 5.16. The SMILES string of the molecule is COc1ccc(C(N)=O)cc1NC(=O)[C@@H]1CCCN1. The lowest BCUT2D eigenvalue weighted by Gasteiger charge is -2.14. The molecule has 0 aromatic heterocycles. The van der Waals surface area contributed by atoms with Crippen LogP contribution in [0.4, 0.5) is 5.69 Å². The van der Waals surface area contributed by atoms with Crippen LogP contribution in [0.25, 0.3) is 0 Å². The van der Waals surface area contributed by atoms with Crippen molar-refractivity contribution in [2.75, 3.05) is 19.0 Å². The molecule has 6 nitrogen and oxygen atoms in total. The van der Waals surface area contributed by atoms with Gasteiger partial charge >= 0.3 is 0 Å². The normalized spacial score (nSPS) is 18.1. The zero-order valence-corrected chi connectivity index (χ0v) is 10.7. The molecule has 1 heterocycles. The van der Waals surface area contributed by atoms with Crippen LogP contribution in [0.5, 0.6) is 5.75 Å². The van der Waals surface area contributed by atoms with Gasteiger partial charge in [0.05, 0.1) is 18.8 Å². The summed E-state index contributed by atoms with van der Waals surface area (Å²) in [4.78, 5) is 23.2. The summed E-state index contributed by atoms with van der Waals surface area (Å²) in [5.41, 5.74) is 6.01. The number of amides is 2. The molecule has 102 valence electrons. The molecule has 0 spiro atoms. The fourth-order valence-corrected chi connectivity index (χ4v) is 2.09. The Morgan fingerprint density at radius 2 is 2.26 bits per heavy atom. The molecular formula is C13H17N3O3. The third kappa shape index (κ3) is 3.03. The summed E-state index contributed by atoms with van der Waals surface area (Å²) in [6.07, 6.45) is 1.79. The number of hydrogen-bond donors (Lipinski definition) is 3. The number of hydrogen-bond acceptors (Lipinski definition) is 4. The minimum atomic E-state index is -0.544. The van der Waals surface area contributed by atoms with E-state index in [1.54, 1.807) is 12.1 Å². The van der Waals surface area contributed by atoms with Crippen molar-refractivity contribution in [2.45, 2.75) is 18.9 Å². The molecule has 2 amide bonds. The number of nitrogens with one attached hydrogen (secondary N) is 2. The van der Waals surface area contributed by atoms with E-state index in [4.69, 9.17) is 10.5 Å². The first-order chi connectivity index (χ1) is 9.11. The molecule has 1 aliphatic heterocycles. The maximum Gasteiger partial charge on any atom is 0.248 e. The van der Waals surface area contributed by atoms with E-state index in [9.17, 15) is 9.59 Å². The zero-order chi connectivity index (χ0) is 13.8. The van der Waals surface area contributed by atoms with Crippen molar-refractivity contribution in [2.24, 2.45) is 5.73 Å². The Morgan fingerprint density at radius 1 is 1.47 bits per heavy atom. The van der Waals surface area contributed by atoms with Gasteiger partial charge in [0.15, 0.2) is 0 Å². The highest BCUT2D eigenvalue weighted by Crippen LogP contribution is 2.26. The van der Waals surface area contributed by atoms with E-state index in [1.807, 2.05) is 0 Å². The van der Waals surface area contributed by atoms with Gasteiger partial charge in [-0.3, -0.25) is 9.59 Å². The van der Waals surface area contributed by atoms with E-state index in [1.165, 1.54) is 13.2 Å². The predicted molar refractivity (Wildman–Crippen MR) is 71.2 cm³/mol. The minimum absolute atomic E-state index is 0.127. The van der Waals surface area contributed by atoms with Crippen LogP contribution < -0.4 is 21.1 Å². The van der Waals surface area contributed by atoms with E-state index in [0.29, 0.717) is 17.0 Å². The highest BCUT2D eigenvalue weighted by atomic mass is 16.5. The molecule has 2 rings (SSSR count). The van der Waals surface area contributed by atoms with Crippen molar-refractivity contribution in [3.63, 3.8) is 0 Å². The fraction of sp³-hybridized carbons (Fsp3) is 0.385. The third-order valence-corrected chi connectivity index (χ3v) is 3.12. The van der Waals surface area contributed by atoms with Crippen LogP contribution in [0.2, 0.25) is 0 Å². The highest BCUT2D eigenvalue weighted by molar-refractivity contribution is 5.99. The highest BCUT2D eigenvalue weighted by Gasteiger charge is 2.23. The van der Waals surface area contributed by atoms with E-state index in [-0.39, 0.29) is 11.9 Å². The van der Waals surface area contributed by atoms with Gasteiger partial charge in [-0.05, 0) is 37.6 Å². The molecule has 0 radical (unpaired) electrons. The van der Waals surface area contributed by atoms with Crippen molar-refractivity contribution in [3.05, 3.63) is 23.8 Å². The first-order valence-corrected chi connectivity index (χ1v) is 6.14. The molecule has 0 aliphatic carbocycles. The van der Waals surface area contributed by atoms with Gasteiger partial charge in [0, 0.05) is 5.56 Å². The van der Waals surface area contributed by atoms with Crippen molar-refractivity contribution in [3.8, 4) is 5.75 Å². The second-order valence-electron chi connectivity index (χ2n) is 4.42. The molecule has 0 bridgehead atoms. The third-order valence-electron chi connectivity index (χ3n) is 3.12. The molecule has 4 N–H and O–H groups in total. The first-order valence-electron chi connectivity index (χ1n) is 6.14. The second kappa shape index (κ2) is 5.71. The zero-order valence-electron chi connectivity index (χ0n) is 10.7. The summed E-state index contributed by atoms with van der Waals surface area (Å²) >= 11 is 0. The van der Waals surface area contributed by atoms with Gasteiger partial charge in [-0.1, -0.05) is 0 Å². The van der Waals surface area contributed by atoms with Crippen LogP contribution in [-0.2, 0) is 4.79 Å². The van der Waals surface area contributed by atoms with Gasteiger partial charge in [0.2, 0.25) is 11.8 Å². The Labute approximate surface area is 111 Å². The Hall–Kier alpha value is -2.08. The van der Waals surface area contributed by atoms with Crippen molar-refractivity contribution in [1.82, 2.24) is 5.32 Å². The standard InChI is InChI=1S/C13H17N3O3/c1-19-11-5-4-8(12(14)17)7-10(11)16-13(18)9-3-2-6-15-9/h4-5,7,9,15H,2-3,6H2,1H3,(H2,14,17)(H,16,18)/t9-/m0/s1. The lowest BCUT2D eigenvalue weighted by molar-refractivity contribution is -0.117. The quantitative estimate of drug-likeness (QED) is 0.736. The number of carbonyl (C=O) groups excluding carboxylic acids is 2. The number of primary amides is 1. The van der Waals surface area contributed by atoms with E-state index in [0.717, 1.165) is 19.4 Å². The number of benzene rings is 1. The summed E-state index contributed by atoms with van der Waals surface area (Å²) in [6, 6.07) is 4.50. The van der Waals surface area contributed by atoms with Gasteiger partial charge in [0.1, 0.15) is 5.75 Å². The average molecular weight is 263 g/mol. The van der Waals surface area contributed by atoms with E-state index in [2.05, 4.69) is 10.6 Å². The van der Waals surface area contributed by atoms with Crippen molar-refractivity contribution >= 4 is 17.5 Å². The van der Waals surface area contributed by atoms with Crippen LogP contribution in [-0.4, -0.2) is 31.5 Å². The molecule has 1 aliphatic rings. The summed E-state index contributed by atoms with van der Waals surface area (Å²) in [6.45, 7) is 0.844. The maximum absolute atomic E-state index is 12.0. The average Bonchev–Trinajstić information content (AvgIpc) is 2.92. The molecule has 19 heavy (non-hydrogen) atoms. The predicted octanol–water partition coefficient (Wildman–Crippen LogP) is 0.485. The molecule has 1 atom stereocenters. The Bertz CT molecular complexity index is 496. The van der Waals surface area contributed by atoms with E-state index >= 15 is 0 Å². The molecule has 1 saturated heterocycles. The van der Waals surface area contributed by atoms with Gasteiger partial charge in [0.25, 0.3) is 0 Å². The molecular weight excluding hydrogens is 246 g/mol. The minimum Gasteiger partial charge on any atom is -0.495 e. The van der Waals surface area contributed by atoms with E-state index < -0.39 is 5.91 Å². The lowest BCUT2D eigenvalue weighted by Crippen LogP contribution is -2.35. The van der Waals surface area contributed by atoms with Gasteiger partial charge in [-0.25, -0.2) is 0 Å². The summed E-state index contributed by atoms with van der Waals surface area (Å²) in [5.74, 6) is -0.175. The van der Waals surface area contributed by atoms with Crippen LogP contribution in [0.15, 0.2) is 18.2 Å². The molecule has 1 aromatic carbocycles. The number of methoxy groups -OCH3 is 1. The number of carbonyl (C=O) groups is 2. The first kappa shape index (κ1) is 13.4. The Morgan fingerprint density at radius 3 is 2.84 bits per heavy atom. The largest absolute Gasteiger partial charge is 0.495 e. The molecule has 1 fully saturated rings. The second-order valence-corrected chi connectivity index (χ2v) is 4.42. The topological polar surface area (TPSA) is 93.4 Å². The van der Waals surface area contributed by atoms with Crippen LogP contribution >= 0.6 is 0 Å². The van der Waals surface area contributed by atoms with Gasteiger partial charge in [-0.2, -0.15) is 0 Å². The lowest BCUT2D eigenvalue weighted by atomic mass is 10.1. The fourth-order valence-electron chi connectivity index (χ4n) is 2.09. The Kier molecular flexibility index (Phi) is 4.01. The molecule has 0 saturated carbocycles. The number of nitrogens with two attached hydrogens (primary N) is 1. The van der Waals surface area contributed by atoms with Gasteiger partial charge in [-0.15, -0.1) is 0 Å². The van der Waals surface area contributed by atoms with Gasteiger partial charge < -0.3 is 21.1 Å². The Balaban J connectivity index is 2.19. The summed E-state index contributed by atoms with van der Waals surface area (Å²) in [5, 5.41) is 5.87. The molecule has 1 aromatic rings. The number of rotatable bonds is 4. The molecule has 0 unspecified atom stereocenters. The smallest absolute Gasteiger partial charge is 0.248 e. The van der Waals surface area contributed by atoms with Crippen molar-refractivity contribution < 1.29 is 14.3 Å². The van der Waals surface area contributed by atoms with Crippen LogP contribution in [0, 0.1) is 0 Å². The number of ether oxygens (including phenoxy) is 1. The summed E-state index contributed by atoms with van der Waals surface area (Å²) in [7, 11) is 1.50. The number of anilines is 1. The molecule has 6 heteroatoms. The van der Waals surface area contributed by atoms with Crippen molar-refractivity contribution in [1.29, 1.82) is 0 Å².